The molecule has 1 aromatic carbocycles. The summed E-state index contributed by atoms with van der Waals surface area (Å²) < 4.78 is 11.7. The lowest BCUT2D eigenvalue weighted by Gasteiger charge is -2.34. The van der Waals surface area contributed by atoms with Crippen molar-refractivity contribution >= 4 is 29.7 Å². The predicted molar refractivity (Wildman–Crippen MR) is 101 cm³/mol. The molecule has 0 spiro atoms. The summed E-state index contributed by atoms with van der Waals surface area (Å²) in [6, 6.07) is 6.25. The van der Waals surface area contributed by atoms with E-state index in [1.165, 1.54) is 0 Å². The van der Waals surface area contributed by atoms with E-state index in [0.29, 0.717) is 11.0 Å². The summed E-state index contributed by atoms with van der Waals surface area (Å²) in [4.78, 5) is 11.9. The fourth-order valence-corrected chi connectivity index (χ4v) is 3.58. The van der Waals surface area contributed by atoms with Gasteiger partial charge in [-0.3, -0.25) is 0 Å². The molecule has 0 aliphatic carbocycles. The minimum atomic E-state index is -3.30. The van der Waals surface area contributed by atoms with Crippen molar-refractivity contribution in [3.8, 4) is 0 Å². The Morgan fingerprint density at radius 2 is 1.96 bits per heavy atom. The maximum Gasteiger partial charge on any atom is 0.136 e. The molecular weight excluding hydrogens is 349 g/mol. The molecule has 0 aromatic heterocycles. The number of thiol groups is 1. The highest BCUT2D eigenvalue weighted by atomic mass is 32.9. The molecule has 0 bridgehead atoms. The zero-order valence-corrected chi connectivity index (χ0v) is 17.4. The van der Waals surface area contributed by atoms with Crippen LogP contribution < -0.4 is 4.89 Å². The van der Waals surface area contributed by atoms with Gasteiger partial charge in [0.25, 0.3) is 0 Å². The summed E-state index contributed by atoms with van der Waals surface area (Å²) in [6.07, 6.45) is 0.597. The second kappa shape index (κ2) is 8.43. The van der Waals surface area contributed by atoms with Gasteiger partial charge in [0, 0.05) is 12.8 Å². The van der Waals surface area contributed by atoms with E-state index in [2.05, 4.69) is 51.6 Å². The van der Waals surface area contributed by atoms with Crippen LogP contribution in [0.25, 0.3) is 0 Å². The SMILES string of the molecule is COC(C)Cc1ccc(C)c(C(C[N+](C)(C)C)OP([O-])(=S)S)c1. The van der Waals surface area contributed by atoms with Crippen molar-refractivity contribution in [1.82, 2.24) is 0 Å². The number of rotatable bonds is 8. The molecule has 0 aliphatic rings. The first kappa shape index (κ1) is 21.1. The molecule has 4 nitrogen and oxygen atoms in total. The molecule has 0 N–H and O–H groups in total. The van der Waals surface area contributed by atoms with Crippen molar-refractivity contribution in [2.45, 2.75) is 32.5 Å². The normalized spacial score (nSPS) is 17.6. The fourth-order valence-electron chi connectivity index (χ4n) is 2.43. The van der Waals surface area contributed by atoms with Crippen LogP contribution in [-0.4, -0.2) is 45.4 Å². The summed E-state index contributed by atoms with van der Waals surface area (Å²) in [7, 11) is 7.90. The number of ether oxygens (including phenoxy) is 1. The largest absolute Gasteiger partial charge is 0.793 e. The van der Waals surface area contributed by atoms with Gasteiger partial charge in [-0.1, -0.05) is 30.0 Å². The van der Waals surface area contributed by atoms with Crippen LogP contribution in [0.1, 0.15) is 29.7 Å². The molecule has 0 saturated heterocycles. The van der Waals surface area contributed by atoms with Crippen LogP contribution in [0, 0.1) is 6.92 Å². The van der Waals surface area contributed by atoms with Gasteiger partial charge in [0.05, 0.1) is 27.2 Å². The van der Waals surface area contributed by atoms with Crippen molar-refractivity contribution in [3.63, 3.8) is 0 Å². The fraction of sp³-hybridized carbons (Fsp3) is 0.625. The Bertz CT molecular complexity index is 569. The van der Waals surface area contributed by atoms with Crippen LogP contribution in [0.4, 0.5) is 0 Å². The lowest BCUT2D eigenvalue weighted by atomic mass is 9.97. The van der Waals surface area contributed by atoms with E-state index >= 15 is 0 Å². The first-order valence-electron chi connectivity index (χ1n) is 7.56. The zero-order chi connectivity index (χ0) is 17.8. The van der Waals surface area contributed by atoms with E-state index < -0.39 is 5.69 Å². The van der Waals surface area contributed by atoms with Crippen LogP contribution in [-0.2, 0) is 27.5 Å². The molecule has 0 radical (unpaired) electrons. The molecule has 7 heteroatoms. The Morgan fingerprint density at radius 1 is 1.35 bits per heavy atom. The lowest BCUT2D eigenvalue weighted by Crippen LogP contribution is -2.39. The van der Waals surface area contributed by atoms with E-state index in [4.69, 9.17) is 21.1 Å². The van der Waals surface area contributed by atoms with Gasteiger partial charge >= 0.3 is 0 Å². The second-order valence-corrected chi connectivity index (χ2v) is 12.0. The van der Waals surface area contributed by atoms with E-state index in [9.17, 15) is 4.89 Å². The van der Waals surface area contributed by atoms with E-state index in [-0.39, 0.29) is 12.2 Å². The molecule has 0 heterocycles. The summed E-state index contributed by atoms with van der Waals surface area (Å²) in [5, 5.41) is 0. The Kier molecular flexibility index (Phi) is 7.74. The van der Waals surface area contributed by atoms with Gasteiger partial charge in [-0.2, -0.15) is 0 Å². The standard InChI is InChI=1S/C16H28NO3PS2/c1-12-7-8-14(9-13(2)19-6)10-15(12)16(11-17(3,4)5)20-21(18,22)23/h7-8,10,13,16H,9,11H2,1-6H3,(H-,18,22,23). The number of likely N-dealkylation sites (N-methyl/N-ethyl adjacent to an activating group) is 1. The molecule has 1 aromatic rings. The maximum atomic E-state index is 11.9. The minimum Gasteiger partial charge on any atom is -0.793 e. The number of quaternary nitrogens is 1. The molecule has 0 saturated carbocycles. The molecule has 0 fully saturated rings. The number of methoxy groups -OCH3 is 1. The Hall–Kier alpha value is 0.0600. The third-order valence-corrected chi connectivity index (χ3v) is 4.65. The molecule has 23 heavy (non-hydrogen) atoms. The van der Waals surface area contributed by atoms with Crippen LogP contribution in [0.15, 0.2) is 18.2 Å². The number of benzene rings is 1. The number of hydrogen-bond acceptors (Lipinski definition) is 4. The monoisotopic (exact) mass is 377 g/mol. The number of nitrogens with zero attached hydrogens (tertiary/aromatic N) is 1. The van der Waals surface area contributed by atoms with Gasteiger partial charge in [0.2, 0.25) is 0 Å². The first-order chi connectivity index (χ1) is 10.4. The molecule has 1 rings (SSSR count). The smallest absolute Gasteiger partial charge is 0.136 e. The van der Waals surface area contributed by atoms with Crippen molar-refractivity contribution < 1.29 is 18.6 Å². The summed E-state index contributed by atoms with van der Waals surface area (Å²) >= 11 is 8.83. The second-order valence-electron chi connectivity index (χ2n) is 6.98. The summed E-state index contributed by atoms with van der Waals surface area (Å²) in [6.45, 7) is 4.72. The summed E-state index contributed by atoms with van der Waals surface area (Å²) in [5.41, 5.74) is -0.0343. The molecular formula is C16H28NO3PS2. The van der Waals surface area contributed by atoms with E-state index in [1.807, 2.05) is 13.8 Å². The van der Waals surface area contributed by atoms with Gasteiger partial charge < -0.3 is 18.6 Å². The first-order valence-corrected chi connectivity index (χ1v) is 11.4. The minimum absolute atomic E-state index is 0.137. The van der Waals surface area contributed by atoms with Crippen molar-refractivity contribution in [2.75, 3.05) is 34.8 Å². The van der Waals surface area contributed by atoms with Gasteiger partial charge in [-0.15, -0.1) is 12.2 Å². The number of hydrogen-bond donors (Lipinski definition) is 1. The Morgan fingerprint density at radius 3 is 2.43 bits per heavy atom. The third kappa shape index (κ3) is 8.12. The molecule has 0 aliphatic heterocycles. The zero-order valence-electron chi connectivity index (χ0n) is 14.8. The van der Waals surface area contributed by atoms with Crippen LogP contribution >= 0.6 is 17.9 Å². The molecule has 132 valence electrons. The molecule has 3 unspecified atom stereocenters. The highest BCUT2D eigenvalue weighted by Gasteiger charge is 2.24. The van der Waals surface area contributed by atoms with Gasteiger partial charge in [-0.25, -0.2) is 0 Å². The number of aryl methyl sites for hydroxylation is 1. The molecule has 3 atom stereocenters. The van der Waals surface area contributed by atoms with Crippen molar-refractivity contribution in [1.29, 1.82) is 0 Å². The maximum absolute atomic E-state index is 11.9. The highest BCUT2D eigenvalue weighted by molar-refractivity contribution is 8.59. The average molecular weight is 378 g/mol. The summed E-state index contributed by atoms with van der Waals surface area (Å²) in [5.74, 6) is 0. The third-order valence-electron chi connectivity index (χ3n) is 3.59. The van der Waals surface area contributed by atoms with Crippen molar-refractivity contribution in [2.24, 2.45) is 0 Å². The topological polar surface area (TPSA) is 41.5 Å². The van der Waals surface area contributed by atoms with E-state index in [0.717, 1.165) is 23.1 Å². The van der Waals surface area contributed by atoms with Gasteiger partial charge in [-0.05, 0) is 37.0 Å². The average Bonchev–Trinajstić information content (AvgIpc) is 2.36. The Balaban J connectivity index is 3.17. The van der Waals surface area contributed by atoms with E-state index in [1.54, 1.807) is 7.11 Å². The van der Waals surface area contributed by atoms with Crippen LogP contribution in [0.5, 0.6) is 0 Å². The van der Waals surface area contributed by atoms with Crippen LogP contribution in [0.2, 0.25) is 0 Å². The molecule has 0 amide bonds. The van der Waals surface area contributed by atoms with Gasteiger partial charge in [0.15, 0.2) is 0 Å². The van der Waals surface area contributed by atoms with Crippen molar-refractivity contribution in [3.05, 3.63) is 34.9 Å². The highest BCUT2D eigenvalue weighted by Crippen LogP contribution is 2.48. The predicted octanol–water partition coefficient (Wildman–Crippen LogP) is 2.85. The Labute approximate surface area is 150 Å². The lowest BCUT2D eigenvalue weighted by molar-refractivity contribution is -0.874. The quantitative estimate of drug-likeness (QED) is 0.430. The van der Waals surface area contributed by atoms with Gasteiger partial charge in [0.1, 0.15) is 12.6 Å². The van der Waals surface area contributed by atoms with Crippen LogP contribution in [0.3, 0.4) is 0 Å².